The van der Waals surface area contributed by atoms with E-state index < -0.39 is 6.09 Å². The number of amides is 1. The number of hydrogen-bond donors (Lipinski definition) is 2. The van der Waals surface area contributed by atoms with Gasteiger partial charge in [-0.3, -0.25) is 5.32 Å². The Morgan fingerprint density at radius 3 is 2.80 bits per heavy atom. The minimum Gasteiger partial charge on any atom is -0.410 e. The first-order valence-electron chi connectivity index (χ1n) is 4.24. The number of aromatic nitrogens is 3. The van der Waals surface area contributed by atoms with Crippen LogP contribution in [-0.4, -0.2) is 21.3 Å². The zero-order valence-corrected chi connectivity index (χ0v) is 7.68. The number of para-hydroxylation sites is 1. The quantitative estimate of drug-likeness (QED) is 0.775. The molecule has 2 rings (SSSR count). The molecule has 1 aromatic carbocycles. The monoisotopic (exact) mass is 204 g/mol. The van der Waals surface area contributed by atoms with Gasteiger partial charge in [0.05, 0.1) is 0 Å². The van der Waals surface area contributed by atoms with Gasteiger partial charge in [-0.1, -0.05) is 18.2 Å². The highest BCUT2D eigenvalue weighted by Crippen LogP contribution is 2.09. The molecule has 1 aromatic heterocycles. The van der Waals surface area contributed by atoms with Gasteiger partial charge in [-0.15, -0.1) is 10.2 Å². The van der Waals surface area contributed by atoms with Crippen molar-refractivity contribution in [3.63, 3.8) is 0 Å². The molecule has 2 N–H and O–H groups in total. The van der Waals surface area contributed by atoms with Crippen molar-refractivity contribution < 1.29 is 9.53 Å². The van der Waals surface area contributed by atoms with Crippen molar-refractivity contribution in [2.75, 3.05) is 5.32 Å². The van der Waals surface area contributed by atoms with Crippen molar-refractivity contribution in [3.05, 3.63) is 36.7 Å². The average molecular weight is 204 g/mol. The maximum Gasteiger partial charge on any atom is 0.419 e. The second-order valence-electron chi connectivity index (χ2n) is 2.67. The van der Waals surface area contributed by atoms with Crippen LogP contribution in [0.3, 0.4) is 0 Å². The second-order valence-corrected chi connectivity index (χ2v) is 2.67. The third-order valence-electron chi connectivity index (χ3n) is 1.59. The summed E-state index contributed by atoms with van der Waals surface area (Å²) in [5.74, 6) is 0.713. The van der Waals surface area contributed by atoms with E-state index in [1.807, 2.05) is 6.07 Å². The number of ether oxygens (including phenoxy) is 1. The average Bonchev–Trinajstić information content (AvgIpc) is 2.71. The summed E-state index contributed by atoms with van der Waals surface area (Å²) in [6.07, 6.45) is 0.746. The van der Waals surface area contributed by atoms with Crippen molar-refractivity contribution in [3.8, 4) is 5.75 Å². The lowest BCUT2D eigenvalue weighted by Gasteiger charge is -2.02. The number of rotatable bonds is 2. The number of aromatic amines is 1. The lowest BCUT2D eigenvalue weighted by atomic mass is 10.3. The zero-order valence-electron chi connectivity index (χ0n) is 7.68. The van der Waals surface area contributed by atoms with Crippen LogP contribution in [0, 0.1) is 0 Å². The number of carbonyl (C=O) groups is 1. The van der Waals surface area contributed by atoms with E-state index in [0.717, 1.165) is 0 Å². The lowest BCUT2D eigenvalue weighted by molar-refractivity contribution is 0.215. The Morgan fingerprint density at radius 1 is 1.33 bits per heavy atom. The first-order valence-corrected chi connectivity index (χ1v) is 4.24. The second kappa shape index (κ2) is 4.23. The van der Waals surface area contributed by atoms with Crippen molar-refractivity contribution in [2.24, 2.45) is 0 Å². The van der Waals surface area contributed by atoms with Crippen molar-refractivity contribution in [1.29, 1.82) is 0 Å². The topological polar surface area (TPSA) is 79.9 Å². The SMILES string of the molecule is O=C(Nc1nnc[nH]1)Oc1ccccc1. The Kier molecular flexibility index (Phi) is 2.59. The number of carbonyl (C=O) groups excluding carboxylic acids is 1. The molecule has 0 saturated heterocycles. The molecule has 2 aromatic rings. The first kappa shape index (κ1) is 9.20. The number of nitrogens with zero attached hydrogens (tertiary/aromatic N) is 2. The Balaban J connectivity index is 1.94. The summed E-state index contributed by atoms with van der Waals surface area (Å²) in [5.41, 5.74) is 0. The Hall–Kier alpha value is -2.37. The number of hydrogen-bond acceptors (Lipinski definition) is 4. The van der Waals surface area contributed by atoms with Crippen LogP contribution in [0.4, 0.5) is 10.7 Å². The Labute approximate surface area is 85.3 Å². The van der Waals surface area contributed by atoms with Crippen LogP contribution in [0.5, 0.6) is 5.75 Å². The van der Waals surface area contributed by atoms with Crippen LogP contribution in [0.15, 0.2) is 36.7 Å². The molecule has 0 atom stereocenters. The molecular weight excluding hydrogens is 196 g/mol. The molecule has 6 nitrogen and oxygen atoms in total. The van der Waals surface area contributed by atoms with E-state index in [9.17, 15) is 4.79 Å². The summed E-state index contributed by atoms with van der Waals surface area (Å²) in [6, 6.07) is 8.75. The zero-order chi connectivity index (χ0) is 10.5. The van der Waals surface area contributed by atoms with Crippen molar-refractivity contribution in [1.82, 2.24) is 15.2 Å². The van der Waals surface area contributed by atoms with Gasteiger partial charge in [0.25, 0.3) is 0 Å². The van der Waals surface area contributed by atoms with Crippen molar-refractivity contribution in [2.45, 2.75) is 0 Å². The molecule has 1 heterocycles. The molecule has 0 fully saturated rings. The number of H-pyrrole nitrogens is 1. The van der Waals surface area contributed by atoms with E-state index in [1.165, 1.54) is 6.33 Å². The molecule has 15 heavy (non-hydrogen) atoms. The molecule has 0 spiro atoms. The van der Waals surface area contributed by atoms with E-state index in [-0.39, 0.29) is 5.95 Å². The molecule has 0 aliphatic carbocycles. The molecule has 0 aliphatic rings. The summed E-state index contributed by atoms with van der Waals surface area (Å²) in [5, 5.41) is 9.47. The predicted octanol–water partition coefficient (Wildman–Crippen LogP) is 1.42. The van der Waals surface area contributed by atoms with Gasteiger partial charge in [0.15, 0.2) is 0 Å². The largest absolute Gasteiger partial charge is 0.419 e. The Morgan fingerprint density at radius 2 is 2.13 bits per heavy atom. The van der Waals surface area contributed by atoms with Gasteiger partial charge in [0.1, 0.15) is 12.1 Å². The Bertz CT molecular complexity index is 427. The van der Waals surface area contributed by atoms with Crippen LogP contribution in [-0.2, 0) is 0 Å². The maximum atomic E-state index is 11.3. The third kappa shape index (κ3) is 2.53. The maximum absolute atomic E-state index is 11.3. The molecule has 0 aliphatic heterocycles. The molecule has 76 valence electrons. The van der Waals surface area contributed by atoms with Gasteiger partial charge < -0.3 is 9.72 Å². The minimum atomic E-state index is -0.613. The minimum absolute atomic E-state index is 0.246. The number of benzene rings is 1. The van der Waals surface area contributed by atoms with E-state index in [4.69, 9.17) is 4.74 Å². The summed E-state index contributed by atoms with van der Waals surface area (Å²) in [6.45, 7) is 0. The highest BCUT2D eigenvalue weighted by atomic mass is 16.6. The predicted molar refractivity (Wildman–Crippen MR) is 52.5 cm³/mol. The van der Waals surface area contributed by atoms with E-state index >= 15 is 0 Å². The third-order valence-corrected chi connectivity index (χ3v) is 1.59. The fourth-order valence-electron chi connectivity index (χ4n) is 0.984. The van der Waals surface area contributed by atoms with Crippen LogP contribution in [0.2, 0.25) is 0 Å². The highest BCUT2D eigenvalue weighted by molar-refractivity contribution is 5.83. The van der Waals surface area contributed by atoms with Crippen LogP contribution in [0.25, 0.3) is 0 Å². The molecule has 6 heteroatoms. The van der Waals surface area contributed by atoms with E-state index in [1.54, 1.807) is 24.3 Å². The normalized spacial score (nSPS) is 9.60. The van der Waals surface area contributed by atoms with Gasteiger partial charge in [-0.2, -0.15) is 0 Å². The molecular formula is C9H8N4O2. The van der Waals surface area contributed by atoms with Gasteiger partial charge >= 0.3 is 6.09 Å². The van der Waals surface area contributed by atoms with Gasteiger partial charge in [0.2, 0.25) is 5.95 Å². The van der Waals surface area contributed by atoms with Crippen molar-refractivity contribution >= 4 is 12.0 Å². The highest BCUT2D eigenvalue weighted by Gasteiger charge is 2.05. The fraction of sp³-hybridized carbons (Fsp3) is 0. The molecule has 0 bridgehead atoms. The summed E-state index contributed by atoms with van der Waals surface area (Å²) >= 11 is 0. The molecule has 0 unspecified atom stereocenters. The van der Waals surface area contributed by atoms with Crippen LogP contribution < -0.4 is 10.1 Å². The van der Waals surface area contributed by atoms with Gasteiger partial charge in [-0.25, -0.2) is 4.79 Å². The lowest BCUT2D eigenvalue weighted by Crippen LogP contribution is -2.17. The summed E-state index contributed by atoms with van der Waals surface area (Å²) in [4.78, 5) is 13.9. The fourth-order valence-corrected chi connectivity index (χ4v) is 0.984. The van der Waals surface area contributed by atoms with Gasteiger partial charge in [0, 0.05) is 0 Å². The summed E-state index contributed by atoms with van der Waals surface area (Å²) < 4.78 is 4.95. The molecule has 0 saturated carbocycles. The summed E-state index contributed by atoms with van der Waals surface area (Å²) in [7, 11) is 0. The molecule has 1 amide bonds. The number of anilines is 1. The number of nitrogens with one attached hydrogen (secondary N) is 2. The first-order chi connectivity index (χ1) is 7.34. The van der Waals surface area contributed by atoms with E-state index in [0.29, 0.717) is 5.75 Å². The van der Waals surface area contributed by atoms with Crippen LogP contribution in [0.1, 0.15) is 0 Å². The molecule has 0 radical (unpaired) electrons. The standard InChI is InChI=1S/C9H8N4O2/c14-9(12-8-10-6-11-13-8)15-7-4-2-1-3-5-7/h1-6H,(H2,10,11,12,13,14). The smallest absolute Gasteiger partial charge is 0.410 e. The van der Waals surface area contributed by atoms with Crippen LogP contribution >= 0.6 is 0 Å². The van der Waals surface area contributed by atoms with E-state index in [2.05, 4.69) is 20.5 Å². The van der Waals surface area contributed by atoms with Gasteiger partial charge in [-0.05, 0) is 12.1 Å².